The summed E-state index contributed by atoms with van der Waals surface area (Å²) in [5, 5.41) is 39.2. The van der Waals surface area contributed by atoms with E-state index in [1.807, 2.05) is 51.7 Å². The van der Waals surface area contributed by atoms with Crippen LogP contribution in [0.1, 0.15) is 20.3 Å². The van der Waals surface area contributed by atoms with Gasteiger partial charge in [0.25, 0.3) is 0 Å². The summed E-state index contributed by atoms with van der Waals surface area (Å²) in [4.78, 5) is 0. The number of nitrogens with zero attached hydrogens (tertiary/aromatic N) is 4. The number of fused-ring (bicyclic) bond motifs is 2. The number of nitriles is 4. The van der Waals surface area contributed by atoms with Crippen LogP contribution in [0, 0.1) is 73.4 Å². The summed E-state index contributed by atoms with van der Waals surface area (Å²) < 4.78 is 6.17. The second kappa shape index (κ2) is 4.86. The maximum Gasteiger partial charge on any atom is 0.241 e. The molecule has 0 radical (unpaired) electrons. The lowest BCUT2D eigenvalue weighted by Crippen LogP contribution is -2.61. The third-order valence-electron chi connectivity index (χ3n) is 4.92. The van der Waals surface area contributed by atoms with Crippen LogP contribution in [0.3, 0.4) is 0 Å². The van der Waals surface area contributed by atoms with Crippen molar-refractivity contribution in [3.8, 4) is 24.3 Å². The quantitative estimate of drug-likeness (QED) is 0.723. The van der Waals surface area contributed by atoms with Gasteiger partial charge in [-0.05, 0) is 37.6 Å². The van der Waals surface area contributed by atoms with Crippen LogP contribution in [0.5, 0.6) is 0 Å². The van der Waals surface area contributed by atoms with E-state index in [1.165, 1.54) is 0 Å². The Labute approximate surface area is 138 Å². The third kappa shape index (κ3) is 2.07. The van der Waals surface area contributed by atoms with Gasteiger partial charge in [-0.1, -0.05) is 13.8 Å². The fraction of sp³-hybridized carbons (Fsp3) is 0.647. The smallest absolute Gasteiger partial charge is 0.241 e. The molecule has 0 spiro atoms. The standard InChI is InChI=1S/C17H20N4OSi/c1-15(2)7-12-6-13(22-23(3,4)5)14(15)17(10-20,11-21)16(12,8-18)9-19/h6,12,14H,7H2,1-5H3. The molecule has 5 nitrogen and oxygen atoms in total. The SMILES string of the molecule is CC1(C)CC2C=C(O[Si](C)(C)C)C1C(C#N)(C#N)C2(C#N)C#N. The van der Waals surface area contributed by atoms with Gasteiger partial charge in [0.1, 0.15) is 0 Å². The van der Waals surface area contributed by atoms with Crippen LogP contribution >= 0.6 is 0 Å². The van der Waals surface area contributed by atoms with Crippen molar-refractivity contribution in [2.75, 3.05) is 0 Å². The van der Waals surface area contributed by atoms with Crippen molar-refractivity contribution < 1.29 is 4.43 Å². The maximum atomic E-state index is 9.86. The summed E-state index contributed by atoms with van der Waals surface area (Å²) in [5.41, 5.74) is -3.76. The van der Waals surface area contributed by atoms with Gasteiger partial charge in [0.2, 0.25) is 8.32 Å². The predicted octanol–water partition coefficient (Wildman–Crippen LogP) is 3.46. The van der Waals surface area contributed by atoms with Gasteiger partial charge in [-0.15, -0.1) is 0 Å². The Balaban J connectivity index is 2.79. The normalized spacial score (nSPS) is 29.2. The lowest BCUT2D eigenvalue weighted by Gasteiger charge is -2.58. The van der Waals surface area contributed by atoms with Crippen molar-refractivity contribution in [3.63, 3.8) is 0 Å². The topological polar surface area (TPSA) is 104 Å². The molecule has 1 fully saturated rings. The third-order valence-corrected chi connectivity index (χ3v) is 5.77. The monoisotopic (exact) mass is 324 g/mol. The molecule has 6 heteroatoms. The molecule has 2 atom stereocenters. The van der Waals surface area contributed by atoms with Crippen molar-refractivity contribution >= 4 is 8.32 Å². The summed E-state index contributed by atoms with van der Waals surface area (Å²) >= 11 is 0. The second-order valence-corrected chi connectivity index (χ2v) is 12.5. The molecule has 3 aliphatic rings. The molecule has 0 aromatic carbocycles. The number of rotatable bonds is 2. The summed E-state index contributed by atoms with van der Waals surface area (Å²) in [6, 6.07) is 8.14. The Bertz CT molecular complexity index is 705. The molecule has 118 valence electrons. The summed E-state index contributed by atoms with van der Waals surface area (Å²) in [5.74, 6) is -0.446. The molecule has 23 heavy (non-hydrogen) atoms. The van der Waals surface area contributed by atoms with Crippen molar-refractivity contribution in [2.24, 2.45) is 28.1 Å². The summed E-state index contributed by atoms with van der Waals surface area (Å²) in [7, 11) is -1.95. The van der Waals surface area contributed by atoms with E-state index >= 15 is 0 Å². The average Bonchev–Trinajstić information content (AvgIpc) is 2.43. The van der Waals surface area contributed by atoms with E-state index in [0.717, 1.165) is 0 Å². The summed E-state index contributed by atoms with van der Waals surface area (Å²) in [6.45, 7) is 10.1. The molecule has 2 bridgehead atoms. The Morgan fingerprint density at radius 3 is 1.87 bits per heavy atom. The molecule has 0 aromatic heterocycles. The van der Waals surface area contributed by atoms with Crippen LogP contribution in [0.4, 0.5) is 0 Å². The minimum atomic E-state index is -1.95. The number of hydrogen-bond acceptors (Lipinski definition) is 5. The zero-order valence-corrected chi connectivity index (χ0v) is 15.1. The Morgan fingerprint density at radius 1 is 1.00 bits per heavy atom. The molecule has 0 amide bonds. The Kier molecular flexibility index (Phi) is 3.61. The zero-order chi connectivity index (χ0) is 17.7. The first-order valence-electron chi connectivity index (χ1n) is 7.59. The lowest BCUT2D eigenvalue weighted by atomic mass is 9.40. The number of allylic oxidation sites excluding steroid dienone is 2. The van der Waals surface area contributed by atoms with Crippen LogP contribution in [-0.4, -0.2) is 8.32 Å². The molecule has 0 N–H and O–H groups in total. The molecular weight excluding hydrogens is 304 g/mol. The van der Waals surface area contributed by atoms with E-state index in [1.54, 1.807) is 0 Å². The molecule has 0 saturated heterocycles. The second-order valence-electron chi connectivity index (χ2n) is 8.08. The van der Waals surface area contributed by atoms with Crippen molar-refractivity contribution in [3.05, 3.63) is 11.8 Å². The predicted molar refractivity (Wildman–Crippen MR) is 85.2 cm³/mol. The van der Waals surface area contributed by atoms with Gasteiger partial charge < -0.3 is 4.43 Å². The molecule has 1 saturated carbocycles. The van der Waals surface area contributed by atoms with Crippen LogP contribution in [0.15, 0.2) is 11.8 Å². The van der Waals surface area contributed by atoms with E-state index in [2.05, 4.69) is 12.1 Å². The minimum Gasteiger partial charge on any atom is -0.547 e. The minimum absolute atomic E-state index is 0.392. The van der Waals surface area contributed by atoms with Crippen molar-refractivity contribution in [1.29, 1.82) is 21.0 Å². The van der Waals surface area contributed by atoms with Gasteiger partial charge in [0.05, 0.1) is 36.0 Å². The van der Waals surface area contributed by atoms with Gasteiger partial charge in [-0.2, -0.15) is 21.0 Å². The molecule has 0 aromatic rings. The average molecular weight is 324 g/mol. The van der Waals surface area contributed by atoms with E-state index in [-0.39, 0.29) is 0 Å². The molecular formula is C17H20N4OSi. The first kappa shape index (κ1) is 17.1. The van der Waals surface area contributed by atoms with Crippen molar-refractivity contribution in [2.45, 2.75) is 39.9 Å². The molecule has 0 heterocycles. The van der Waals surface area contributed by atoms with E-state index in [4.69, 9.17) is 4.43 Å². The van der Waals surface area contributed by atoms with Gasteiger partial charge >= 0.3 is 0 Å². The van der Waals surface area contributed by atoms with Gasteiger partial charge in [-0.3, -0.25) is 0 Å². The molecule has 3 aliphatic carbocycles. The molecule has 3 rings (SSSR count). The Morgan fingerprint density at radius 2 is 1.48 bits per heavy atom. The first-order valence-corrected chi connectivity index (χ1v) is 11.0. The van der Waals surface area contributed by atoms with E-state index < -0.39 is 36.4 Å². The Hall–Kier alpha value is -2.28. The van der Waals surface area contributed by atoms with Crippen LogP contribution in [-0.2, 0) is 4.43 Å². The summed E-state index contributed by atoms with van der Waals surface area (Å²) in [6.07, 6.45) is 2.41. The maximum absolute atomic E-state index is 9.86. The van der Waals surface area contributed by atoms with Crippen molar-refractivity contribution in [1.82, 2.24) is 0 Å². The fourth-order valence-electron chi connectivity index (χ4n) is 4.17. The van der Waals surface area contributed by atoms with Crippen LogP contribution < -0.4 is 0 Å². The van der Waals surface area contributed by atoms with E-state index in [0.29, 0.717) is 12.2 Å². The highest BCUT2D eigenvalue weighted by Gasteiger charge is 2.73. The van der Waals surface area contributed by atoms with Gasteiger partial charge in [0, 0.05) is 5.92 Å². The van der Waals surface area contributed by atoms with Gasteiger partial charge in [-0.25, -0.2) is 0 Å². The van der Waals surface area contributed by atoms with Crippen LogP contribution in [0.25, 0.3) is 0 Å². The van der Waals surface area contributed by atoms with Crippen LogP contribution in [0.2, 0.25) is 19.6 Å². The highest BCUT2D eigenvalue weighted by molar-refractivity contribution is 6.70. The first-order chi connectivity index (χ1) is 10.5. The zero-order valence-electron chi connectivity index (χ0n) is 14.1. The largest absolute Gasteiger partial charge is 0.547 e. The van der Waals surface area contributed by atoms with Gasteiger partial charge in [0.15, 0.2) is 10.8 Å². The fourth-order valence-corrected chi connectivity index (χ4v) is 5.06. The lowest BCUT2D eigenvalue weighted by molar-refractivity contribution is -0.0425. The highest BCUT2D eigenvalue weighted by Crippen LogP contribution is 2.67. The highest BCUT2D eigenvalue weighted by atomic mass is 28.4. The van der Waals surface area contributed by atoms with E-state index in [9.17, 15) is 21.0 Å². The number of hydrogen-bond donors (Lipinski definition) is 0. The molecule has 2 unspecified atom stereocenters. The molecule has 0 aliphatic heterocycles.